The first-order valence-corrected chi connectivity index (χ1v) is 8.23. The first kappa shape index (κ1) is 20.5. The third-order valence-electron chi connectivity index (χ3n) is 3.27. The van der Waals surface area contributed by atoms with Gasteiger partial charge in [0.15, 0.2) is 0 Å². The molecule has 0 unspecified atom stereocenters. The number of rotatable bonds is 5. The molecule has 9 heteroatoms. The highest BCUT2D eigenvalue weighted by Gasteiger charge is 2.32. The summed E-state index contributed by atoms with van der Waals surface area (Å²) in [5.41, 5.74) is -1.61. The van der Waals surface area contributed by atoms with Crippen molar-refractivity contribution in [2.24, 2.45) is 0 Å². The summed E-state index contributed by atoms with van der Waals surface area (Å²) in [7, 11) is 0. The summed E-state index contributed by atoms with van der Waals surface area (Å²) in [6.07, 6.45) is -3.79. The summed E-state index contributed by atoms with van der Waals surface area (Å²) >= 11 is 0.326. The molecular weight excluding hydrogens is 387 g/mol. The maximum atomic E-state index is 13.0. The fourth-order valence-electron chi connectivity index (χ4n) is 2.10. The van der Waals surface area contributed by atoms with Crippen LogP contribution >= 0.6 is 11.8 Å². The monoisotopic (exact) mass is 398 g/mol. The lowest BCUT2D eigenvalue weighted by molar-refractivity contribution is -0.137. The average molecular weight is 398 g/mol. The number of amides is 1. The van der Waals surface area contributed by atoms with Crippen LogP contribution in [-0.4, -0.2) is 11.7 Å². The molecule has 0 radical (unpaired) electrons. The van der Waals surface area contributed by atoms with Crippen molar-refractivity contribution in [2.45, 2.75) is 16.8 Å². The number of alkyl halides is 5. The summed E-state index contributed by atoms with van der Waals surface area (Å²) in [4.78, 5) is 12.4. The topological polar surface area (TPSA) is 52.9 Å². The highest BCUT2D eigenvalue weighted by molar-refractivity contribution is 7.99. The Balaban J connectivity index is 2.22. The van der Waals surface area contributed by atoms with Gasteiger partial charge in [-0.15, -0.1) is 0 Å². The van der Waals surface area contributed by atoms with E-state index in [4.69, 9.17) is 5.26 Å². The van der Waals surface area contributed by atoms with Gasteiger partial charge >= 0.3 is 6.18 Å². The van der Waals surface area contributed by atoms with Gasteiger partial charge in [0.2, 0.25) is 0 Å². The Hall–Kier alpha value is -2.86. The number of halogens is 5. The second-order valence-electron chi connectivity index (χ2n) is 5.11. The predicted octanol–water partition coefficient (Wildman–Crippen LogP) is 5.57. The molecule has 2 rings (SSSR count). The maximum absolute atomic E-state index is 13.0. The van der Waals surface area contributed by atoms with Crippen LogP contribution in [0.3, 0.4) is 0 Å². The van der Waals surface area contributed by atoms with E-state index in [-0.39, 0.29) is 16.1 Å². The highest BCUT2D eigenvalue weighted by Crippen LogP contribution is 2.33. The van der Waals surface area contributed by atoms with Crippen LogP contribution in [0.2, 0.25) is 0 Å². The van der Waals surface area contributed by atoms with E-state index in [1.165, 1.54) is 36.4 Å². The minimum absolute atomic E-state index is 0.212. The van der Waals surface area contributed by atoms with Crippen molar-refractivity contribution < 1.29 is 26.7 Å². The maximum Gasteiger partial charge on any atom is 0.416 e. The minimum Gasteiger partial charge on any atom is -0.321 e. The van der Waals surface area contributed by atoms with Crippen LogP contribution in [0.15, 0.2) is 59.0 Å². The molecule has 140 valence electrons. The molecule has 0 saturated carbocycles. The molecule has 1 amide bonds. The van der Waals surface area contributed by atoms with Crippen LogP contribution in [0, 0.1) is 11.3 Å². The van der Waals surface area contributed by atoms with Gasteiger partial charge in [-0.05, 0) is 42.0 Å². The summed E-state index contributed by atoms with van der Waals surface area (Å²) in [6, 6.07) is 11.5. The number of carbonyl (C=O) groups excluding carboxylic acids is 1. The Morgan fingerprint density at radius 2 is 1.74 bits per heavy atom. The van der Waals surface area contributed by atoms with Crippen molar-refractivity contribution in [3.63, 3.8) is 0 Å². The number of hydrogen-bond donors (Lipinski definition) is 1. The number of carbonyl (C=O) groups is 1. The number of hydrogen-bond acceptors (Lipinski definition) is 3. The zero-order chi connectivity index (χ0) is 20.0. The molecular formula is C18H11F5N2OS. The van der Waals surface area contributed by atoms with Crippen molar-refractivity contribution in [3.8, 4) is 6.07 Å². The van der Waals surface area contributed by atoms with Crippen molar-refractivity contribution in [1.82, 2.24) is 0 Å². The first-order valence-electron chi connectivity index (χ1n) is 7.35. The number of nitrogens with zero attached hydrogens (tertiary/aromatic N) is 1. The minimum atomic E-state index is -4.64. The Bertz CT molecular complexity index is 886. The van der Waals surface area contributed by atoms with Crippen LogP contribution < -0.4 is 5.32 Å². The van der Waals surface area contributed by atoms with E-state index in [0.29, 0.717) is 11.8 Å². The van der Waals surface area contributed by atoms with Gasteiger partial charge in [-0.1, -0.05) is 30.0 Å². The van der Waals surface area contributed by atoms with Crippen LogP contribution in [0.4, 0.5) is 27.6 Å². The molecule has 0 aliphatic heterocycles. The van der Waals surface area contributed by atoms with Crippen molar-refractivity contribution >= 4 is 29.4 Å². The number of benzene rings is 2. The van der Waals surface area contributed by atoms with Crippen molar-refractivity contribution in [2.75, 3.05) is 5.32 Å². The fraction of sp³-hybridized carbons (Fsp3) is 0.111. The zero-order valence-electron chi connectivity index (χ0n) is 13.4. The molecule has 0 saturated heterocycles. The largest absolute Gasteiger partial charge is 0.416 e. The van der Waals surface area contributed by atoms with Crippen LogP contribution in [0.25, 0.3) is 6.08 Å². The Kier molecular flexibility index (Phi) is 6.58. The molecule has 0 aromatic heterocycles. The molecule has 3 nitrogen and oxygen atoms in total. The van der Waals surface area contributed by atoms with Gasteiger partial charge < -0.3 is 5.32 Å². The average Bonchev–Trinajstić information content (AvgIpc) is 2.60. The van der Waals surface area contributed by atoms with Gasteiger partial charge in [-0.2, -0.15) is 27.2 Å². The summed E-state index contributed by atoms with van der Waals surface area (Å²) < 4.78 is 63.6. The van der Waals surface area contributed by atoms with Crippen LogP contribution in [-0.2, 0) is 11.0 Å². The Labute approximate surface area is 155 Å². The van der Waals surface area contributed by atoms with Gasteiger partial charge in [0.1, 0.15) is 11.6 Å². The number of thioether (sulfide) groups is 1. The van der Waals surface area contributed by atoms with Crippen LogP contribution in [0.1, 0.15) is 11.1 Å². The highest BCUT2D eigenvalue weighted by atomic mass is 32.2. The number of anilines is 1. The third kappa shape index (κ3) is 5.82. The first-order chi connectivity index (χ1) is 12.7. The normalized spacial score (nSPS) is 12.0. The van der Waals surface area contributed by atoms with Crippen molar-refractivity contribution in [1.29, 1.82) is 5.26 Å². The second kappa shape index (κ2) is 8.68. The SMILES string of the molecule is N#C/C(=C/c1ccccc1C(F)(F)F)C(=O)Nc1ccc(SC(F)F)cc1. The van der Waals surface area contributed by atoms with E-state index in [9.17, 15) is 26.7 Å². The Morgan fingerprint density at radius 1 is 1.11 bits per heavy atom. The van der Waals surface area contributed by atoms with E-state index < -0.39 is 29.0 Å². The van der Waals surface area contributed by atoms with E-state index in [1.54, 1.807) is 6.07 Å². The zero-order valence-corrected chi connectivity index (χ0v) is 14.2. The van der Waals surface area contributed by atoms with Crippen LogP contribution in [0.5, 0.6) is 0 Å². The van der Waals surface area contributed by atoms with E-state index in [1.807, 2.05) is 0 Å². The predicted molar refractivity (Wildman–Crippen MR) is 92.0 cm³/mol. The summed E-state index contributed by atoms with van der Waals surface area (Å²) in [5.74, 6) is -3.50. The van der Waals surface area contributed by atoms with Crippen molar-refractivity contribution in [3.05, 3.63) is 65.2 Å². The fourth-order valence-corrected chi connectivity index (χ4v) is 2.60. The molecule has 1 N–H and O–H groups in total. The van der Waals surface area contributed by atoms with E-state index >= 15 is 0 Å². The van der Waals surface area contributed by atoms with E-state index in [0.717, 1.165) is 18.2 Å². The van der Waals surface area contributed by atoms with Gasteiger partial charge in [-0.25, -0.2) is 0 Å². The molecule has 0 aliphatic rings. The lowest BCUT2D eigenvalue weighted by Crippen LogP contribution is -2.14. The Morgan fingerprint density at radius 3 is 2.30 bits per heavy atom. The molecule has 0 atom stereocenters. The summed E-state index contributed by atoms with van der Waals surface area (Å²) in [6.45, 7) is 0. The summed E-state index contributed by atoms with van der Waals surface area (Å²) in [5, 5.41) is 11.5. The molecule has 0 bridgehead atoms. The van der Waals surface area contributed by atoms with Gasteiger partial charge in [0.05, 0.1) is 5.56 Å². The number of nitrogens with one attached hydrogen (secondary N) is 1. The molecule has 0 fully saturated rings. The lowest BCUT2D eigenvalue weighted by Gasteiger charge is -2.10. The molecule has 0 heterocycles. The molecule has 2 aromatic carbocycles. The molecule has 0 aliphatic carbocycles. The van der Waals surface area contributed by atoms with Gasteiger partial charge in [0, 0.05) is 10.6 Å². The smallest absolute Gasteiger partial charge is 0.321 e. The molecule has 0 spiro atoms. The second-order valence-corrected chi connectivity index (χ2v) is 6.18. The quantitative estimate of drug-likeness (QED) is 0.310. The van der Waals surface area contributed by atoms with Gasteiger partial charge in [0.25, 0.3) is 11.7 Å². The lowest BCUT2D eigenvalue weighted by atomic mass is 10.0. The molecule has 27 heavy (non-hydrogen) atoms. The standard InChI is InChI=1S/C18H11F5N2OS/c19-17(20)27-14-7-5-13(6-8-14)25-16(26)12(10-24)9-11-3-1-2-4-15(11)18(21,22)23/h1-9,17H,(H,25,26)/b12-9-. The number of nitriles is 1. The third-order valence-corrected chi connectivity index (χ3v) is 3.99. The van der Waals surface area contributed by atoms with Gasteiger partial charge in [-0.3, -0.25) is 4.79 Å². The van der Waals surface area contributed by atoms with E-state index in [2.05, 4.69) is 5.32 Å². The molecule has 2 aromatic rings.